The smallest absolute Gasteiger partial charge is 0.118 e. The van der Waals surface area contributed by atoms with Gasteiger partial charge in [0.25, 0.3) is 0 Å². The highest BCUT2D eigenvalue weighted by molar-refractivity contribution is 5.28. The third kappa shape index (κ3) is 8.13. The molecule has 0 amide bonds. The summed E-state index contributed by atoms with van der Waals surface area (Å²) < 4.78 is 5.10. The van der Waals surface area contributed by atoms with Gasteiger partial charge in [-0.1, -0.05) is 46.2 Å². The zero-order valence-corrected chi connectivity index (χ0v) is 13.4. The second-order valence-electron chi connectivity index (χ2n) is 4.12. The Morgan fingerprint density at radius 2 is 1.44 bits per heavy atom. The second-order valence-corrected chi connectivity index (χ2v) is 4.12. The maximum absolute atomic E-state index is 5.10. The molecule has 0 heterocycles. The molecule has 1 unspecified atom stereocenters. The largest absolute Gasteiger partial charge is 0.497 e. The molecule has 1 aromatic rings. The highest BCUT2D eigenvalue weighted by Crippen LogP contribution is 2.20. The molecular weight excluding hydrogens is 222 g/mol. The van der Waals surface area contributed by atoms with E-state index in [1.807, 2.05) is 26.0 Å². The highest BCUT2D eigenvalue weighted by Gasteiger charge is 2.06. The maximum Gasteiger partial charge on any atom is 0.118 e. The predicted molar refractivity (Wildman–Crippen MR) is 82.4 cm³/mol. The fourth-order valence-electron chi connectivity index (χ4n) is 1.18. The van der Waals surface area contributed by atoms with Crippen LogP contribution in [0.4, 0.5) is 0 Å². The van der Waals surface area contributed by atoms with E-state index in [1.165, 1.54) is 12.0 Å². The quantitative estimate of drug-likeness (QED) is 0.770. The molecule has 1 atom stereocenters. The van der Waals surface area contributed by atoms with Crippen molar-refractivity contribution in [2.24, 2.45) is 0 Å². The molecule has 0 saturated carbocycles. The summed E-state index contributed by atoms with van der Waals surface area (Å²) in [5.41, 5.74) is 1.31. The molecule has 1 rings (SSSR count). The van der Waals surface area contributed by atoms with Crippen LogP contribution in [0.15, 0.2) is 24.3 Å². The molecule has 106 valence electrons. The summed E-state index contributed by atoms with van der Waals surface area (Å²) in [6, 6.07) is 8.64. The third-order valence-corrected chi connectivity index (χ3v) is 2.37. The maximum atomic E-state index is 5.10. The first-order valence-corrected chi connectivity index (χ1v) is 6.87. The van der Waals surface area contributed by atoms with Gasteiger partial charge in [0.05, 0.1) is 7.11 Å². The molecular formula is C16H31NO. The normalized spacial score (nSPS) is 10.7. The Kier molecular flexibility index (Phi) is 13.4. The molecule has 1 aromatic carbocycles. The van der Waals surface area contributed by atoms with Gasteiger partial charge < -0.3 is 9.64 Å². The Morgan fingerprint density at radius 1 is 1.06 bits per heavy atom. The van der Waals surface area contributed by atoms with Crippen LogP contribution in [0.3, 0.4) is 0 Å². The number of rotatable bonds is 3. The Labute approximate surface area is 114 Å². The van der Waals surface area contributed by atoms with Crippen LogP contribution in [-0.4, -0.2) is 26.1 Å². The first kappa shape index (κ1) is 19.3. The van der Waals surface area contributed by atoms with Crippen molar-refractivity contribution in [3.05, 3.63) is 29.8 Å². The van der Waals surface area contributed by atoms with Crippen molar-refractivity contribution in [1.29, 1.82) is 0 Å². The van der Waals surface area contributed by atoms with Gasteiger partial charge in [0.1, 0.15) is 5.75 Å². The van der Waals surface area contributed by atoms with Crippen LogP contribution in [-0.2, 0) is 0 Å². The molecule has 2 heteroatoms. The van der Waals surface area contributed by atoms with Crippen molar-refractivity contribution in [2.45, 2.75) is 47.1 Å². The molecule has 0 aliphatic heterocycles. The molecule has 0 saturated heterocycles. The van der Waals surface area contributed by atoms with Gasteiger partial charge in [-0.15, -0.1) is 0 Å². The number of hydrogen-bond acceptors (Lipinski definition) is 2. The van der Waals surface area contributed by atoms with Gasteiger partial charge in [-0.3, -0.25) is 0 Å². The van der Waals surface area contributed by atoms with E-state index in [0.29, 0.717) is 6.04 Å². The Balaban J connectivity index is 0. The van der Waals surface area contributed by atoms with Crippen molar-refractivity contribution in [3.8, 4) is 5.75 Å². The number of ether oxygens (including phenoxy) is 1. The minimum absolute atomic E-state index is 0.450. The van der Waals surface area contributed by atoms with E-state index in [-0.39, 0.29) is 0 Å². The average Bonchev–Trinajstić information content (AvgIpc) is 2.41. The molecule has 0 aromatic heterocycles. The van der Waals surface area contributed by atoms with E-state index in [9.17, 15) is 0 Å². The van der Waals surface area contributed by atoms with E-state index in [2.05, 4.69) is 51.9 Å². The number of nitrogens with zero attached hydrogens (tertiary/aromatic N) is 1. The summed E-state index contributed by atoms with van der Waals surface area (Å²) in [5, 5.41) is 0. The van der Waals surface area contributed by atoms with Crippen molar-refractivity contribution in [1.82, 2.24) is 4.90 Å². The number of benzene rings is 1. The van der Waals surface area contributed by atoms with E-state index < -0.39 is 0 Å². The lowest BCUT2D eigenvalue weighted by molar-refractivity contribution is 0.320. The first-order valence-electron chi connectivity index (χ1n) is 6.87. The molecule has 0 spiro atoms. The van der Waals surface area contributed by atoms with Gasteiger partial charge in [0.15, 0.2) is 0 Å². The Hall–Kier alpha value is -1.02. The summed E-state index contributed by atoms with van der Waals surface area (Å²) in [7, 11) is 5.84. The summed E-state index contributed by atoms with van der Waals surface area (Å²) in [6.45, 7) is 10.4. The predicted octanol–water partition coefficient (Wildman–Crippen LogP) is 4.76. The zero-order valence-electron chi connectivity index (χ0n) is 13.4. The molecule has 2 nitrogen and oxygen atoms in total. The van der Waals surface area contributed by atoms with E-state index in [0.717, 1.165) is 5.75 Å². The van der Waals surface area contributed by atoms with Gasteiger partial charge in [-0.2, -0.15) is 0 Å². The fraction of sp³-hybridized carbons (Fsp3) is 0.625. The van der Waals surface area contributed by atoms with Gasteiger partial charge >= 0.3 is 0 Å². The lowest BCUT2D eigenvalue weighted by Crippen LogP contribution is -2.16. The van der Waals surface area contributed by atoms with E-state index >= 15 is 0 Å². The summed E-state index contributed by atoms with van der Waals surface area (Å²) >= 11 is 0. The molecule has 18 heavy (non-hydrogen) atoms. The molecule has 0 radical (unpaired) electrons. The van der Waals surface area contributed by atoms with E-state index in [1.54, 1.807) is 7.11 Å². The van der Waals surface area contributed by atoms with Gasteiger partial charge in [-0.05, 0) is 38.7 Å². The highest BCUT2D eigenvalue weighted by atomic mass is 16.5. The van der Waals surface area contributed by atoms with Crippen LogP contribution >= 0.6 is 0 Å². The SMILES string of the molecule is CC.CCC.COc1ccc(C(C)N(C)C)cc1. The minimum Gasteiger partial charge on any atom is -0.497 e. The van der Waals surface area contributed by atoms with E-state index in [4.69, 9.17) is 4.74 Å². The Morgan fingerprint density at radius 3 is 1.72 bits per heavy atom. The van der Waals surface area contributed by atoms with Gasteiger partial charge in [-0.25, -0.2) is 0 Å². The monoisotopic (exact) mass is 253 g/mol. The Bertz CT molecular complexity index is 267. The van der Waals surface area contributed by atoms with Crippen LogP contribution in [0.5, 0.6) is 5.75 Å². The first-order chi connectivity index (χ1) is 8.56. The average molecular weight is 253 g/mol. The third-order valence-electron chi connectivity index (χ3n) is 2.37. The molecule has 0 aliphatic carbocycles. The summed E-state index contributed by atoms with van der Waals surface area (Å²) in [5.74, 6) is 0.912. The molecule has 0 aliphatic rings. The van der Waals surface area contributed by atoms with Crippen molar-refractivity contribution < 1.29 is 4.74 Å². The summed E-state index contributed by atoms with van der Waals surface area (Å²) in [4.78, 5) is 2.18. The lowest BCUT2D eigenvalue weighted by Gasteiger charge is -2.20. The number of hydrogen-bond donors (Lipinski definition) is 0. The van der Waals surface area contributed by atoms with Crippen molar-refractivity contribution in [3.63, 3.8) is 0 Å². The van der Waals surface area contributed by atoms with Gasteiger partial charge in [0.2, 0.25) is 0 Å². The van der Waals surface area contributed by atoms with Crippen LogP contribution in [0, 0.1) is 0 Å². The summed E-state index contributed by atoms with van der Waals surface area (Å²) in [6.07, 6.45) is 1.25. The molecule has 0 bridgehead atoms. The molecule has 0 fully saturated rings. The fourth-order valence-corrected chi connectivity index (χ4v) is 1.18. The zero-order chi connectivity index (χ0) is 14.6. The van der Waals surface area contributed by atoms with Crippen LogP contribution in [0.2, 0.25) is 0 Å². The van der Waals surface area contributed by atoms with Crippen LogP contribution < -0.4 is 4.74 Å². The minimum atomic E-state index is 0.450. The van der Waals surface area contributed by atoms with Gasteiger partial charge in [0, 0.05) is 6.04 Å². The van der Waals surface area contributed by atoms with Crippen molar-refractivity contribution >= 4 is 0 Å². The number of methoxy groups -OCH3 is 1. The topological polar surface area (TPSA) is 12.5 Å². The standard InChI is InChI=1S/C11H17NO.C3H8.C2H6/c1-9(12(2)3)10-5-7-11(13-4)8-6-10;1-3-2;1-2/h5-9H,1-4H3;3H2,1-2H3;1-2H3. The van der Waals surface area contributed by atoms with Crippen LogP contribution in [0.1, 0.15) is 52.6 Å². The molecule has 0 N–H and O–H groups in total. The second kappa shape index (κ2) is 12.4. The van der Waals surface area contributed by atoms with Crippen molar-refractivity contribution in [2.75, 3.05) is 21.2 Å². The lowest BCUT2D eigenvalue weighted by atomic mass is 10.1. The van der Waals surface area contributed by atoms with Crippen LogP contribution in [0.25, 0.3) is 0 Å².